The van der Waals surface area contributed by atoms with Crippen molar-refractivity contribution in [1.29, 1.82) is 0 Å². The lowest BCUT2D eigenvalue weighted by Crippen LogP contribution is -2.24. The van der Waals surface area contributed by atoms with Crippen LogP contribution in [0.2, 0.25) is 0 Å². The summed E-state index contributed by atoms with van der Waals surface area (Å²) in [7, 11) is 1.56. The van der Waals surface area contributed by atoms with Crippen LogP contribution in [0.5, 0.6) is 11.5 Å². The van der Waals surface area contributed by atoms with E-state index < -0.39 is 23.1 Å². The van der Waals surface area contributed by atoms with Crippen LogP contribution < -0.4 is 9.47 Å². The fourth-order valence-electron chi connectivity index (χ4n) is 7.55. The van der Waals surface area contributed by atoms with Crippen molar-refractivity contribution in [3.8, 4) is 22.6 Å². The van der Waals surface area contributed by atoms with E-state index in [1.807, 2.05) is 31.2 Å². The maximum atomic E-state index is 16.1. The number of hydrogen-bond donors (Lipinski definition) is 1. The number of ether oxygens (including phenoxy) is 2. The minimum Gasteiger partial charge on any atom is -0.497 e. The smallest absolute Gasteiger partial charge is 0.307 e. The Bertz CT molecular complexity index is 1570. The molecule has 1 saturated carbocycles. The highest BCUT2D eigenvalue weighted by atomic mass is 19.1. The van der Waals surface area contributed by atoms with E-state index in [1.54, 1.807) is 25.3 Å². The second kappa shape index (κ2) is 10.0. The number of methoxy groups -OCH3 is 1. The molecular weight excluding hydrogens is 522 g/mol. The van der Waals surface area contributed by atoms with Gasteiger partial charge in [0.2, 0.25) is 0 Å². The zero-order chi connectivity index (χ0) is 29.1. The van der Waals surface area contributed by atoms with Gasteiger partial charge in [-0.3, -0.25) is 4.79 Å². The zero-order valence-corrected chi connectivity index (χ0v) is 24.0. The molecule has 3 aromatic carbocycles. The van der Waals surface area contributed by atoms with Crippen LogP contribution in [-0.2, 0) is 23.2 Å². The molecule has 1 fully saturated rings. The second-order valence-corrected chi connectivity index (χ2v) is 12.5. The van der Waals surface area contributed by atoms with E-state index in [0.717, 1.165) is 53.5 Å². The molecule has 3 atom stereocenters. The number of rotatable bonds is 7. The van der Waals surface area contributed by atoms with Crippen LogP contribution in [0.4, 0.5) is 8.78 Å². The van der Waals surface area contributed by atoms with E-state index in [4.69, 9.17) is 9.47 Å². The number of halogens is 2. The molecule has 3 unspecified atom stereocenters. The summed E-state index contributed by atoms with van der Waals surface area (Å²) in [6, 6.07) is 14.1. The number of fused-ring (bicyclic) bond motifs is 2. The number of carboxylic acids is 1. The van der Waals surface area contributed by atoms with E-state index in [2.05, 4.69) is 19.9 Å². The molecule has 3 aromatic rings. The highest BCUT2D eigenvalue weighted by molar-refractivity contribution is 5.85. The molecule has 4 nitrogen and oxygen atoms in total. The standard InChI is InChI=1S/C35H36F2O4/c1-20-30(33(38)39)35(20)16-5-7-22-10-14-29(32(37)31(22)35)41-19-21-9-12-24(26-18-23(40-4)11-13-28(26)36)25(17-21)27-8-6-15-34(27,2)3/h8-14,17-18,20,30H,5-7,15-16,19H2,1-4H3,(H,38,39). The van der Waals surface area contributed by atoms with Gasteiger partial charge in [-0.15, -0.1) is 0 Å². The fraction of sp³-hybridized carbons (Fsp3) is 0.400. The molecule has 6 rings (SSSR count). The molecule has 0 aromatic heterocycles. The first-order chi connectivity index (χ1) is 19.6. The van der Waals surface area contributed by atoms with Crippen molar-refractivity contribution < 1.29 is 28.2 Å². The van der Waals surface area contributed by atoms with Crippen molar-refractivity contribution in [2.45, 2.75) is 64.9 Å². The molecule has 0 radical (unpaired) electrons. The van der Waals surface area contributed by atoms with Crippen LogP contribution >= 0.6 is 0 Å². The number of carbonyl (C=O) groups is 1. The summed E-state index contributed by atoms with van der Waals surface area (Å²) in [6.45, 7) is 6.43. The van der Waals surface area contributed by atoms with Gasteiger partial charge in [0.1, 0.15) is 18.2 Å². The summed E-state index contributed by atoms with van der Waals surface area (Å²) in [4.78, 5) is 11.9. The fourth-order valence-corrected chi connectivity index (χ4v) is 7.55. The normalized spacial score (nSPS) is 24.1. The van der Waals surface area contributed by atoms with E-state index in [0.29, 0.717) is 23.3 Å². The van der Waals surface area contributed by atoms with Crippen LogP contribution in [-0.4, -0.2) is 18.2 Å². The second-order valence-electron chi connectivity index (χ2n) is 12.5. The molecular formula is C35H36F2O4. The first-order valence-corrected chi connectivity index (χ1v) is 14.4. The summed E-state index contributed by atoms with van der Waals surface area (Å²) in [5.41, 5.74) is 4.85. The molecule has 1 N–H and O–H groups in total. The number of hydrogen-bond acceptors (Lipinski definition) is 3. The lowest BCUT2D eigenvalue weighted by Gasteiger charge is -2.28. The zero-order valence-electron chi connectivity index (χ0n) is 24.0. The van der Waals surface area contributed by atoms with Gasteiger partial charge in [-0.2, -0.15) is 0 Å². The topological polar surface area (TPSA) is 55.8 Å². The Morgan fingerprint density at radius 3 is 2.51 bits per heavy atom. The number of aliphatic carboxylic acids is 1. The molecule has 6 heteroatoms. The summed E-state index contributed by atoms with van der Waals surface area (Å²) >= 11 is 0. The van der Waals surface area contributed by atoms with Crippen LogP contribution in [0.15, 0.2) is 54.6 Å². The average molecular weight is 559 g/mol. The van der Waals surface area contributed by atoms with Gasteiger partial charge >= 0.3 is 5.97 Å². The maximum absolute atomic E-state index is 16.1. The number of aryl methyl sites for hydroxylation is 1. The number of benzene rings is 3. The Labute approximate surface area is 240 Å². The number of carboxylic acid groups (broad SMARTS) is 1. The minimum absolute atomic E-state index is 0.0792. The Morgan fingerprint density at radius 1 is 1.02 bits per heavy atom. The van der Waals surface area contributed by atoms with Crippen LogP contribution in [0.25, 0.3) is 16.7 Å². The van der Waals surface area contributed by atoms with E-state index in [9.17, 15) is 9.90 Å². The van der Waals surface area contributed by atoms with Crippen LogP contribution in [0.1, 0.15) is 68.7 Å². The molecule has 0 bridgehead atoms. The molecule has 3 aliphatic rings. The van der Waals surface area contributed by atoms with Gasteiger partial charge in [0.25, 0.3) is 0 Å². The molecule has 0 heterocycles. The Kier molecular flexibility index (Phi) is 6.71. The third-order valence-corrected chi connectivity index (χ3v) is 9.80. The first kappa shape index (κ1) is 27.5. The average Bonchev–Trinajstić information content (AvgIpc) is 3.34. The highest BCUT2D eigenvalue weighted by Crippen LogP contribution is 2.66. The molecule has 214 valence electrons. The summed E-state index contributed by atoms with van der Waals surface area (Å²) in [5.74, 6) is -1.59. The van der Waals surface area contributed by atoms with Crippen molar-refractivity contribution in [3.63, 3.8) is 0 Å². The monoisotopic (exact) mass is 558 g/mol. The van der Waals surface area contributed by atoms with E-state index >= 15 is 8.78 Å². The molecule has 1 spiro atoms. The third-order valence-electron chi connectivity index (χ3n) is 9.80. The van der Waals surface area contributed by atoms with E-state index in [1.165, 1.54) is 6.07 Å². The lowest BCUT2D eigenvalue weighted by atomic mass is 9.77. The third kappa shape index (κ3) is 4.43. The Balaban J connectivity index is 1.35. The van der Waals surface area contributed by atoms with Crippen molar-refractivity contribution in [2.24, 2.45) is 17.3 Å². The first-order valence-electron chi connectivity index (χ1n) is 14.4. The van der Waals surface area contributed by atoms with Gasteiger partial charge in [-0.25, -0.2) is 8.78 Å². The Hall–Kier alpha value is -3.67. The Morgan fingerprint density at radius 2 is 1.83 bits per heavy atom. The van der Waals surface area contributed by atoms with Gasteiger partial charge < -0.3 is 14.6 Å². The summed E-state index contributed by atoms with van der Waals surface area (Å²) < 4.78 is 42.6. The molecule has 0 amide bonds. The quantitative estimate of drug-likeness (QED) is 0.317. The SMILES string of the molecule is COc1ccc(F)c(-c2ccc(COc3ccc4c(c3F)C3(CCC4)C(C)C3C(=O)O)cc2C2=CCCC2(C)C)c1. The van der Waals surface area contributed by atoms with Gasteiger partial charge in [-0.05, 0) is 102 Å². The largest absolute Gasteiger partial charge is 0.497 e. The lowest BCUT2D eigenvalue weighted by molar-refractivity contribution is -0.139. The predicted molar refractivity (Wildman–Crippen MR) is 155 cm³/mol. The van der Waals surface area contributed by atoms with Crippen LogP contribution in [0.3, 0.4) is 0 Å². The van der Waals surface area contributed by atoms with Gasteiger partial charge in [-0.1, -0.05) is 45.0 Å². The molecule has 3 aliphatic carbocycles. The van der Waals surface area contributed by atoms with Crippen molar-refractivity contribution in [2.75, 3.05) is 7.11 Å². The van der Waals surface area contributed by atoms with Gasteiger partial charge in [0.15, 0.2) is 11.6 Å². The van der Waals surface area contributed by atoms with Crippen molar-refractivity contribution >= 4 is 11.5 Å². The van der Waals surface area contributed by atoms with Crippen molar-refractivity contribution in [1.82, 2.24) is 0 Å². The highest BCUT2D eigenvalue weighted by Gasteiger charge is 2.68. The molecule has 41 heavy (non-hydrogen) atoms. The maximum Gasteiger partial charge on any atom is 0.307 e. The molecule has 0 saturated heterocycles. The summed E-state index contributed by atoms with van der Waals surface area (Å²) in [5, 5.41) is 9.79. The van der Waals surface area contributed by atoms with Gasteiger partial charge in [0, 0.05) is 16.5 Å². The van der Waals surface area contributed by atoms with Crippen molar-refractivity contribution in [3.05, 3.63) is 88.5 Å². The predicted octanol–water partition coefficient (Wildman–Crippen LogP) is 8.35. The molecule has 0 aliphatic heterocycles. The minimum atomic E-state index is -0.861. The number of allylic oxidation sites excluding steroid dienone is 2. The van der Waals surface area contributed by atoms with Gasteiger partial charge in [0.05, 0.1) is 13.0 Å². The summed E-state index contributed by atoms with van der Waals surface area (Å²) in [6.07, 6.45) is 6.44. The van der Waals surface area contributed by atoms with E-state index in [-0.39, 0.29) is 29.5 Å². The van der Waals surface area contributed by atoms with Crippen LogP contribution in [0, 0.1) is 28.9 Å².